The second-order valence-corrected chi connectivity index (χ2v) is 17.1. The van der Waals surface area contributed by atoms with Gasteiger partial charge in [0, 0.05) is 5.66 Å². The van der Waals surface area contributed by atoms with E-state index in [1.807, 2.05) is 0 Å². The summed E-state index contributed by atoms with van der Waals surface area (Å²) in [6.07, 6.45) is 38.9. The molecule has 0 nitrogen and oxygen atoms in total. The smallest absolute Gasteiger partial charge is 0.0233 e. The van der Waals surface area contributed by atoms with Crippen molar-refractivity contribution in [2.24, 2.45) is 0 Å². The van der Waals surface area contributed by atoms with Gasteiger partial charge in [0.1, 0.15) is 0 Å². The van der Waals surface area contributed by atoms with Crippen LogP contribution in [0.4, 0.5) is 0 Å². The lowest BCUT2D eigenvalue weighted by atomic mass is 9.99. The van der Waals surface area contributed by atoms with Gasteiger partial charge in [0.2, 0.25) is 0 Å². The normalized spacial score (nSPS) is 30.4. The van der Waals surface area contributed by atoms with Crippen LogP contribution < -0.4 is 0 Å². The van der Waals surface area contributed by atoms with Gasteiger partial charge >= 0.3 is 0 Å². The zero-order valence-corrected chi connectivity index (χ0v) is 21.9. The Labute approximate surface area is 196 Å². The number of hydrogen-bond donors (Lipinski definition) is 0. The third-order valence-corrected chi connectivity index (χ3v) is 17.1. The second kappa shape index (κ2) is 11.7. The molecule has 4 fully saturated rings. The van der Waals surface area contributed by atoms with Gasteiger partial charge in [-0.05, 0) is 79.3 Å². The van der Waals surface area contributed by atoms with Crippen LogP contribution in [0.15, 0.2) is 23.5 Å². The van der Waals surface area contributed by atoms with E-state index in [2.05, 4.69) is 23.5 Å². The summed E-state index contributed by atoms with van der Waals surface area (Å²) < 4.78 is 0. The Hall–Kier alpha value is 0.340. The fourth-order valence-electron chi connectivity index (χ4n) is 7.90. The molecule has 0 bridgehead atoms. The molecule has 0 aromatic rings. The first-order valence-electron chi connectivity index (χ1n) is 14.4. The molecule has 5 aliphatic carbocycles. The predicted molar refractivity (Wildman–Crippen MR) is 142 cm³/mol. The molecule has 0 aliphatic heterocycles. The molecular formula is C29H48P2. The van der Waals surface area contributed by atoms with Gasteiger partial charge in [-0.3, -0.25) is 0 Å². The van der Waals surface area contributed by atoms with Crippen molar-refractivity contribution in [1.29, 1.82) is 0 Å². The molecule has 1 atom stereocenters. The summed E-state index contributed by atoms with van der Waals surface area (Å²) in [5.74, 6) is 0. The van der Waals surface area contributed by atoms with Crippen LogP contribution in [0.3, 0.4) is 0 Å². The monoisotopic (exact) mass is 458 g/mol. The van der Waals surface area contributed by atoms with Crippen molar-refractivity contribution in [2.75, 3.05) is 0 Å². The summed E-state index contributed by atoms with van der Waals surface area (Å²) in [7, 11) is 0.252. The summed E-state index contributed by atoms with van der Waals surface area (Å²) in [6.45, 7) is 0. The first-order valence-corrected chi connectivity index (χ1v) is 17.4. The molecule has 0 heterocycles. The van der Waals surface area contributed by atoms with Gasteiger partial charge in [-0.1, -0.05) is 111 Å². The van der Waals surface area contributed by atoms with E-state index in [-0.39, 0.29) is 15.8 Å². The Morgan fingerprint density at radius 2 is 0.871 bits per heavy atom. The van der Waals surface area contributed by atoms with Crippen LogP contribution in [0.2, 0.25) is 0 Å². The van der Waals surface area contributed by atoms with E-state index in [4.69, 9.17) is 0 Å². The van der Waals surface area contributed by atoms with Crippen LogP contribution in [-0.2, 0) is 0 Å². The highest BCUT2D eigenvalue weighted by Gasteiger charge is 2.42. The molecule has 2 heteroatoms. The lowest BCUT2D eigenvalue weighted by molar-refractivity contribution is 0.482. The van der Waals surface area contributed by atoms with E-state index in [9.17, 15) is 0 Å². The summed E-state index contributed by atoms with van der Waals surface area (Å²) in [4.78, 5) is 0. The highest BCUT2D eigenvalue weighted by Crippen LogP contribution is 2.70. The van der Waals surface area contributed by atoms with E-state index in [1.165, 1.54) is 77.0 Å². The van der Waals surface area contributed by atoms with Crippen LogP contribution in [0.1, 0.15) is 128 Å². The first kappa shape index (κ1) is 23.1. The molecule has 0 amide bonds. The largest absolute Gasteiger partial charge is 0.0886 e. The maximum absolute atomic E-state index is 2.77. The van der Waals surface area contributed by atoms with Gasteiger partial charge in [0.25, 0.3) is 0 Å². The predicted octanol–water partition coefficient (Wildman–Crippen LogP) is 10.1. The minimum Gasteiger partial charge on any atom is -0.0886 e. The molecule has 5 aliphatic rings. The Kier molecular flexibility index (Phi) is 8.68. The van der Waals surface area contributed by atoms with Crippen molar-refractivity contribution in [3.8, 4) is 0 Å². The van der Waals surface area contributed by atoms with Gasteiger partial charge in [-0.15, -0.1) is 0 Å². The minimum atomic E-state index is 0.103. The van der Waals surface area contributed by atoms with Crippen molar-refractivity contribution in [3.05, 3.63) is 23.5 Å². The fourth-order valence-corrected chi connectivity index (χ4v) is 16.7. The van der Waals surface area contributed by atoms with E-state index in [1.54, 1.807) is 51.4 Å². The Morgan fingerprint density at radius 3 is 1.29 bits per heavy atom. The molecule has 4 saturated carbocycles. The minimum absolute atomic E-state index is 0.103. The average molecular weight is 459 g/mol. The fraction of sp³-hybridized carbons (Fsp3) is 0.862. The highest BCUT2D eigenvalue weighted by molar-refractivity contribution is 7.67. The SMILES string of the molecule is C1=CC(P(C2CCCCC2)C2CCCCC2)C(P(C2CCCCC2)C2CCCCC2)=C1. The van der Waals surface area contributed by atoms with Crippen LogP contribution in [-0.4, -0.2) is 28.3 Å². The Morgan fingerprint density at radius 1 is 0.484 bits per heavy atom. The first-order chi connectivity index (χ1) is 15.4. The Balaban J connectivity index is 1.42. The van der Waals surface area contributed by atoms with Crippen molar-refractivity contribution < 1.29 is 0 Å². The summed E-state index contributed by atoms with van der Waals surface area (Å²) >= 11 is 0. The molecule has 0 spiro atoms. The zero-order valence-electron chi connectivity index (χ0n) is 20.2. The number of hydrogen-bond acceptors (Lipinski definition) is 0. The topological polar surface area (TPSA) is 0 Å². The molecule has 0 aromatic carbocycles. The highest BCUT2D eigenvalue weighted by atomic mass is 31.1. The lowest BCUT2D eigenvalue weighted by Gasteiger charge is -2.46. The maximum Gasteiger partial charge on any atom is 0.0233 e. The van der Waals surface area contributed by atoms with Crippen molar-refractivity contribution in [1.82, 2.24) is 0 Å². The molecule has 1 unspecified atom stereocenters. The van der Waals surface area contributed by atoms with Crippen LogP contribution in [0.25, 0.3) is 0 Å². The van der Waals surface area contributed by atoms with Crippen LogP contribution in [0.5, 0.6) is 0 Å². The van der Waals surface area contributed by atoms with Gasteiger partial charge in [-0.25, -0.2) is 0 Å². The molecule has 5 rings (SSSR count). The maximum atomic E-state index is 2.77. The van der Waals surface area contributed by atoms with Crippen molar-refractivity contribution >= 4 is 15.8 Å². The third kappa shape index (κ3) is 5.54. The van der Waals surface area contributed by atoms with Crippen molar-refractivity contribution in [3.63, 3.8) is 0 Å². The van der Waals surface area contributed by atoms with Crippen molar-refractivity contribution in [2.45, 2.75) is 157 Å². The molecule has 0 saturated heterocycles. The molecule has 0 N–H and O–H groups in total. The quantitative estimate of drug-likeness (QED) is 0.347. The van der Waals surface area contributed by atoms with Gasteiger partial charge < -0.3 is 0 Å². The number of rotatable bonds is 6. The molecule has 0 aromatic heterocycles. The van der Waals surface area contributed by atoms with Crippen LogP contribution in [0, 0.1) is 0 Å². The summed E-state index contributed by atoms with van der Waals surface area (Å²) in [5, 5.41) is 2.05. The molecule has 31 heavy (non-hydrogen) atoms. The van der Waals surface area contributed by atoms with E-state index < -0.39 is 0 Å². The van der Waals surface area contributed by atoms with Gasteiger partial charge in [0.05, 0.1) is 0 Å². The molecule has 0 radical (unpaired) electrons. The van der Waals surface area contributed by atoms with Gasteiger partial charge in [-0.2, -0.15) is 0 Å². The molecule has 174 valence electrons. The summed E-state index contributed by atoms with van der Waals surface area (Å²) in [5.41, 5.74) is 5.25. The zero-order chi connectivity index (χ0) is 20.9. The number of allylic oxidation sites excluding steroid dienone is 4. The van der Waals surface area contributed by atoms with E-state index in [0.717, 1.165) is 28.3 Å². The second-order valence-electron chi connectivity index (χ2n) is 11.4. The standard InChI is InChI=1S/C29H48P2/c1-5-14-24(15-6-1)30(25-16-7-2-8-17-25)28-22-13-23-29(28)31(26-18-9-3-10-19-26)27-20-11-4-12-21-27/h13,22-28H,1-12,14-21H2. The summed E-state index contributed by atoms with van der Waals surface area (Å²) in [6, 6.07) is 0. The third-order valence-electron chi connectivity index (χ3n) is 9.41. The Bertz CT molecular complexity index is 562. The molecular weight excluding hydrogens is 410 g/mol. The van der Waals surface area contributed by atoms with E-state index >= 15 is 0 Å². The van der Waals surface area contributed by atoms with Gasteiger partial charge in [0.15, 0.2) is 0 Å². The van der Waals surface area contributed by atoms with Crippen LogP contribution >= 0.6 is 15.8 Å². The average Bonchev–Trinajstić information content (AvgIpc) is 3.31. The van der Waals surface area contributed by atoms with E-state index in [0.29, 0.717) is 0 Å². The lowest BCUT2D eigenvalue weighted by Crippen LogP contribution is -2.28.